The second-order valence-electron chi connectivity index (χ2n) is 6.65. The highest BCUT2D eigenvalue weighted by molar-refractivity contribution is 5.90. The van der Waals surface area contributed by atoms with Crippen molar-refractivity contribution >= 4 is 16.9 Å². The predicted molar refractivity (Wildman–Crippen MR) is 109 cm³/mol. The number of hydrogen-bond donors (Lipinski definition) is 0. The van der Waals surface area contributed by atoms with Gasteiger partial charge in [-0.25, -0.2) is 4.79 Å². The first-order valence-electron chi connectivity index (χ1n) is 9.28. The van der Waals surface area contributed by atoms with Gasteiger partial charge in [-0.05, 0) is 42.7 Å². The van der Waals surface area contributed by atoms with Crippen molar-refractivity contribution in [3.63, 3.8) is 0 Å². The van der Waals surface area contributed by atoms with Crippen LogP contribution in [0, 0.1) is 0 Å². The zero-order valence-electron chi connectivity index (χ0n) is 15.7. The molecule has 0 atom stereocenters. The molecule has 3 aromatic heterocycles. The van der Waals surface area contributed by atoms with Crippen LogP contribution in [0.25, 0.3) is 22.3 Å². The van der Waals surface area contributed by atoms with E-state index in [1.807, 2.05) is 18.3 Å². The molecule has 0 amide bonds. The lowest BCUT2D eigenvalue weighted by Gasteiger charge is -2.07. The third kappa shape index (κ3) is 3.78. The third-order valence-corrected chi connectivity index (χ3v) is 4.81. The molecule has 0 fully saturated rings. The quantitative estimate of drug-likeness (QED) is 0.468. The SMILES string of the molecule is COC(=O)c1ccnc(-c2cc3ccn(CCCc4ccccc4)c3cn2)c1. The van der Waals surface area contributed by atoms with Crippen molar-refractivity contribution < 1.29 is 9.53 Å². The molecule has 0 saturated heterocycles. The Labute approximate surface area is 163 Å². The monoisotopic (exact) mass is 371 g/mol. The van der Waals surface area contributed by atoms with Crippen molar-refractivity contribution in [2.24, 2.45) is 0 Å². The number of esters is 1. The molecule has 3 heterocycles. The van der Waals surface area contributed by atoms with E-state index in [1.54, 1.807) is 18.3 Å². The first-order chi connectivity index (χ1) is 13.7. The standard InChI is InChI=1S/C23H21N3O2/c1-28-23(27)19-9-11-24-20(15-19)21-14-18-10-13-26(22(18)16-25-21)12-5-8-17-6-3-2-4-7-17/h2-4,6-7,9-11,13-16H,5,8,12H2,1H3. The smallest absolute Gasteiger partial charge is 0.337 e. The van der Waals surface area contributed by atoms with Gasteiger partial charge in [-0.2, -0.15) is 0 Å². The zero-order chi connectivity index (χ0) is 19.3. The summed E-state index contributed by atoms with van der Waals surface area (Å²) < 4.78 is 7.01. The lowest BCUT2D eigenvalue weighted by Crippen LogP contribution is -2.02. The molecule has 0 radical (unpaired) electrons. The van der Waals surface area contributed by atoms with Crippen LogP contribution in [0.4, 0.5) is 0 Å². The number of carbonyl (C=O) groups is 1. The number of aryl methyl sites for hydroxylation is 2. The Kier molecular flexibility index (Phi) is 5.15. The molecule has 28 heavy (non-hydrogen) atoms. The fourth-order valence-corrected chi connectivity index (χ4v) is 3.34. The molecular weight excluding hydrogens is 350 g/mol. The van der Waals surface area contributed by atoms with E-state index in [9.17, 15) is 4.79 Å². The molecule has 0 saturated carbocycles. The minimum Gasteiger partial charge on any atom is -0.465 e. The van der Waals surface area contributed by atoms with Crippen LogP contribution in [-0.4, -0.2) is 27.6 Å². The molecule has 4 aromatic rings. The summed E-state index contributed by atoms with van der Waals surface area (Å²) in [6.45, 7) is 0.940. The van der Waals surface area contributed by atoms with E-state index >= 15 is 0 Å². The minimum atomic E-state index is -0.380. The van der Waals surface area contributed by atoms with Gasteiger partial charge in [-0.15, -0.1) is 0 Å². The molecule has 0 aliphatic rings. The Balaban J connectivity index is 1.52. The van der Waals surface area contributed by atoms with Crippen LogP contribution in [0.5, 0.6) is 0 Å². The maximum atomic E-state index is 11.7. The maximum absolute atomic E-state index is 11.7. The number of rotatable bonds is 6. The molecule has 4 rings (SSSR count). The fraction of sp³-hybridized carbons (Fsp3) is 0.174. The number of methoxy groups -OCH3 is 1. The lowest BCUT2D eigenvalue weighted by molar-refractivity contribution is 0.0600. The topological polar surface area (TPSA) is 57.0 Å². The predicted octanol–water partition coefficient (Wildman–Crippen LogP) is 4.52. The van der Waals surface area contributed by atoms with Crippen molar-refractivity contribution in [3.8, 4) is 11.4 Å². The maximum Gasteiger partial charge on any atom is 0.337 e. The van der Waals surface area contributed by atoms with Gasteiger partial charge in [-0.3, -0.25) is 9.97 Å². The van der Waals surface area contributed by atoms with Crippen LogP contribution in [0.2, 0.25) is 0 Å². The zero-order valence-corrected chi connectivity index (χ0v) is 15.7. The Morgan fingerprint density at radius 1 is 1.04 bits per heavy atom. The molecule has 0 unspecified atom stereocenters. The molecule has 5 nitrogen and oxygen atoms in total. The largest absolute Gasteiger partial charge is 0.465 e. The van der Waals surface area contributed by atoms with Gasteiger partial charge in [0, 0.05) is 24.3 Å². The number of nitrogens with zero attached hydrogens (tertiary/aromatic N) is 3. The van der Waals surface area contributed by atoms with Gasteiger partial charge in [0.1, 0.15) is 0 Å². The average molecular weight is 371 g/mol. The Hall–Kier alpha value is -3.47. The van der Waals surface area contributed by atoms with Gasteiger partial charge in [0.25, 0.3) is 0 Å². The lowest BCUT2D eigenvalue weighted by atomic mass is 10.1. The normalized spacial score (nSPS) is 10.9. The van der Waals surface area contributed by atoms with Gasteiger partial charge in [0.2, 0.25) is 0 Å². The fourth-order valence-electron chi connectivity index (χ4n) is 3.34. The number of hydrogen-bond acceptors (Lipinski definition) is 4. The number of ether oxygens (including phenoxy) is 1. The van der Waals surface area contributed by atoms with E-state index in [0.29, 0.717) is 11.3 Å². The summed E-state index contributed by atoms with van der Waals surface area (Å²) in [5.41, 5.74) is 4.31. The van der Waals surface area contributed by atoms with E-state index in [2.05, 4.69) is 51.1 Å². The van der Waals surface area contributed by atoms with Gasteiger partial charge in [0.15, 0.2) is 0 Å². The van der Waals surface area contributed by atoms with Crippen molar-refractivity contribution in [2.75, 3.05) is 7.11 Å². The first-order valence-corrected chi connectivity index (χ1v) is 9.28. The van der Waals surface area contributed by atoms with E-state index < -0.39 is 0 Å². The van der Waals surface area contributed by atoms with Crippen LogP contribution in [0.15, 0.2) is 73.2 Å². The Morgan fingerprint density at radius 3 is 2.68 bits per heavy atom. The van der Waals surface area contributed by atoms with Crippen LogP contribution in [-0.2, 0) is 17.7 Å². The van der Waals surface area contributed by atoms with Gasteiger partial charge < -0.3 is 9.30 Å². The van der Waals surface area contributed by atoms with Gasteiger partial charge in [-0.1, -0.05) is 30.3 Å². The Bertz CT molecular complexity index is 1100. The van der Waals surface area contributed by atoms with Crippen molar-refractivity contribution in [3.05, 3.63) is 84.3 Å². The molecule has 140 valence electrons. The number of benzene rings is 1. The number of fused-ring (bicyclic) bond motifs is 1. The van der Waals surface area contributed by atoms with Gasteiger partial charge in [0.05, 0.1) is 35.8 Å². The summed E-state index contributed by atoms with van der Waals surface area (Å²) in [5.74, 6) is -0.380. The van der Waals surface area contributed by atoms with Crippen molar-refractivity contribution in [1.82, 2.24) is 14.5 Å². The summed E-state index contributed by atoms with van der Waals surface area (Å²) in [4.78, 5) is 20.7. The molecule has 0 aliphatic carbocycles. The molecular formula is C23H21N3O2. The molecule has 0 aliphatic heterocycles. The van der Waals surface area contributed by atoms with Crippen LogP contribution >= 0.6 is 0 Å². The molecule has 0 bridgehead atoms. The summed E-state index contributed by atoms with van der Waals surface area (Å²) in [6.07, 6.45) is 7.69. The molecule has 0 N–H and O–H groups in total. The summed E-state index contributed by atoms with van der Waals surface area (Å²) >= 11 is 0. The molecule has 0 spiro atoms. The van der Waals surface area contributed by atoms with E-state index in [1.165, 1.54) is 12.7 Å². The highest BCUT2D eigenvalue weighted by atomic mass is 16.5. The second kappa shape index (κ2) is 8.05. The highest BCUT2D eigenvalue weighted by Crippen LogP contribution is 2.22. The van der Waals surface area contributed by atoms with Crippen LogP contribution in [0.1, 0.15) is 22.3 Å². The van der Waals surface area contributed by atoms with E-state index in [0.717, 1.165) is 36.0 Å². The summed E-state index contributed by atoms with van der Waals surface area (Å²) in [5, 5.41) is 1.11. The number of aromatic nitrogens is 3. The number of carbonyl (C=O) groups excluding carboxylic acids is 1. The molecule has 5 heteroatoms. The van der Waals surface area contributed by atoms with Crippen molar-refractivity contribution in [2.45, 2.75) is 19.4 Å². The van der Waals surface area contributed by atoms with Gasteiger partial charge >= 0.3 is 5.97 Å². The summed E-state index contributed by atoms with van der Waals surface area (Å²) in [7, 11) is 1.37. The second-order valence-corrected chi connectivity index (χ2v) is 6.65. The average Bonchev–Trinajstić information content (AvgIpc) is 3.16. The first kappa shape index (κ1) is 17.9. The van der Waals surface area contributed by atoms with Crippen LogP contribution in [0.3, 0.4) is 0 Å². The van der Waals surface area contributed by atoms with E-state index in [-0.39, 0.29) is 5.97 Å². The third-order valence-electron chi connectivity index (χ3n) is 4.81. The molecule has 1 aromatic carbocycles. The number of pyridine rings is 2. The van der Waals surface area contributed by atoms with E-state index in [4.69, 9.17) is 4.74 Å². The van der Waals surface area contributed by atoms with Crippen molar-refractivity contribution in [1.29, 1.82) is 0 Å². The van der Waals surface area contributed by atoms with Crippen LogP contribution < -0.4 is 0 Å². The summed E-state index contributed by atoms with van der Waals surface area (Å²) in [6, 6.07) is 18.0. The highest BCUT2D eigenvalue weighted by Gasteiger charge is 2.10. The Morgan fingerprint density at radius 2 is 1.86 bits per heavy atom. The minimum absolute atomic E-state index is 0.380.